The SMILES string of the molecule is CCCCCCC(=O)NCC(=O)Cc1ccc(CNC(=O)OC(C)(C)C)cc1. The number of benzene rings is 1. The Morgan fingerprint density at radius 3 is 2.18 bits per heavy atom. The summed E-state index contributed by atoms with van der Waals surface area (Å²) in [6.45, 7) is 7.99. The van der Waals surface area contributed by atoms with Gasteiger partial charge in [-0.15, -0.1) is 0 Å². The zero-order chi connectivity index (χ0) is 21.0. The molecule has 2 N–H and O–H groups in total. The van der Waals surface area contributed by atoms with Crippen molar-refractivity contribution in [1.29, 1.82) is 0 Å². The number of unbranched alkanes of at least 4 members (excludes halogenated alkanes) is 3. The molecule has 6 heteroatoms. The molecule has 0 saturated heterocycles. The fourth-order valence-corrected chi connectivity index (χ4v) is 2.55. The minimum absolute atomic E-state index is 0.0264. The van der Waals surface area contributed by atoms with E-state index in [1.807, 2.05) is 45.0 Å². The van der Waals surface area contributed by atoms with E-state index in [0.29, 0.717) is 13.0 Å². The highest BCUT2D eigenvalue weighted by atomic mass is 16.6. The second kappa shape index (κ2) is 12.2. The van der Waals surface area contributed by atoms with Gasteiger partial charge in [-0.2, -0.15) is 0 Å². The molecular formula is C22H34N2O4. The lowest BCUT2D eigenvalue weighted by atomic mass is 10.1. The molecule has 0 aliphatic rings. The molecule has 0 radical (unpaired) electrons. The normalized spacial score (nSPS) is 11.0. The van der Waals surface area contributed by atoms with Crippen molar-refractivity contribution in [1.82, 2.24) is 10.6 Å². The first kappa shape index (κ1) is 23.7. The van der Waals surface area contributed by atoms with Crippen LogP contribution in [-0.4, -0.2) is 29.9 Å². The molecule has 0 bridgehead atoms. The summed E-state index contributed by atoms with van der Waals surface area (Å²) in [4.78, 5) is 35.4. The van der Waals surface area contributed by atoms with Gasteiger partial charge < -0.3 is 15.4 Å². The van der Waals surface area contributed by atoms with Crippen molar-refractivity contribution in [2.75, 3.05) is 6.54 Å². The van der Waals surface area contributed by atoms with Crippen LogP contribution in [-0.2, 0) is 27.3 Å². The third-order valence-electron chi connectivity index (χ3n) is 4.00. The van der Waals surface area contributed by atoms with Crippen LogP contribution in [0.15, 0.2) is 24.3 Å². The molecule has 28 heavy (non-hydrogen) atoms. The lowest BCUT2D eigenvalue weighted by Gasteiger charge is -2.19. The lowest BCUT2D eigenvalue weighted by molar-refractivity contribution is -0.125. The summed E-state index contributed by atoms with van der Waals surface area (Å²) >= 11 is 0. The summed E-state index contributed by atoms with van der Waals surface area (Å²) in [7, 11) is 0. The van der Waals surface area contributed by atoms with E-state index in [0.717, 1.165) is 36.8 Å². The van der Waals surface area contributed by atoms with Crippen molar-refractivity contribution >= 4 is 17.8 Å². The first-order valence-electron chi connectivity index (χ1n) is 10.0. The van der Waals surface area contributed by atoms with Crippen LogP contribution in [0.1, 0.15) is 70.9 Å². The minimum atomic E-state index is -0.529. The van der Waals surface area contributed by atoms with E-state index >= 15 is 0 Å². The number of amides is 2. The summed E-state index contributed by atoms with van der Waals surface area (Å²) in [5, 5.41) is 5.39. The Morgan fingerprint density at radius 2 is 1.57 bits per heavy atom. The monoisotopic (exact) mass is 390 g/mol. The predicted octanol–water partition coefficient (Wildman–Crippen LogP) is 3.91. The number of hydrogen-bond donors (Lipinski definition) is 2. The van der Waals surface area contributed by atoms with Crippen LogP contribution in [0, 0.1) is 0 Å². The number of rotatable bonds is 11. The smallest absolute Gasteiger partial charge is 0.407 e. The zero-order valence-corrected chi connectivity index (χ0v) is 17.6. The molecule has 0 aliphatic heterocycles. The number of Topliss-reactive ketones (excluding diaryl/α,β-unsaturated/α-hetero) is 1. The van der Waals surface area contributed by atoms with Crippen LogP contribution >= 0.6 is 0 Å². The van der Waals surface area contributed by atoms with E-state index in [4.69, 9.17) is 4.74 Å². The van der Waals surface area contributed by atoms with Crippen LogP contribution < -0.4 is 10.6 Å². The van der Waals surface area contributed by atoms with E-state index < -0.39 is 11.7 Å². The Balaban J connectivity index is 2.30. The summed E-state index contributed by atoms with van der Waals surface area (Å²) in [5.41, 5.74) is 1.27. The van der Waals surface area contributed by atoms with Gasteiger partial charge >= 0.3 is 6.09 Å². The predicted molar refractivity (Wildman–Crippen MR) is 110 cm³/mol. The molecule has 0 heterocycles. The Labute approximate surface area is 168 Å². The molecule has 156 valence electrons. The fraction of sp³-hybridized carbons (Fsp3) is 0.591. The van der Waals surface area contributed by atoms with Crippen molar-refractivity contribution < 1.29 is 19.1 Å². The van der Waals surface area contributed by atoms with Crippen molar-refractivity contribution in [3.05, 3.63) is 35.4 Å². The topological polar surface area (TPSA) is 84.5 Å². The molecule has 0 saturated carbocycles. The van der Waals surface area contributed by atoms with Crippen LogP contribution in [0.25, 0.3) is 0 Å². The van der Waals surface area contributed by atoms with Crippen molar-refractivity contribution in [3.8, 4) is 0 Å². The number of ether oxygens (including phenoxy) is 1. The quantitative estimate of drug-likeness (QED) is 0.561. The van der Waals surface area contributed by atoms with Gasteiger partial charge in [0.25, 0.3) is 0 Å². The van der Waals surface area contributed by atoms with Crippen LogP contribution in [0.2, 0.25) is 0 Å². The molecule has 2 amide bonds. The molecule has 0 fully saturated rings. The average molecular weight is 391 g/mol. The fourth-order valence-electron chi connectivity index (χ4n) is 2.55. The van der Waals surface area contributed by atoms with Crippen LogP contribution in [0.5, 0.6) is 0 Å². The first-order valence-corrected chi connectivity index (χ1v) is 10.0. The maximum atomic E-state index is 12.0. The maximum absolute atomic E-state index is 12.0. The largest absolute Gasteiger partial charge is 0.444 e. The van der Waals surface area contributed by atoms with Gasteiger partial charge in [-0.3, -0.25) is 9.59 Å². The summed E-state index contributed by atoms with van der Waals surface area (Å²) in [5.74, 6) is -0.0884. The molecule has 0 spiro atoms. The molecule has 0 aromatic heterocycles. The highest BCUT2D eigenvalue weighted by molar-refractivity contribution is 5.87. The van der Waals surface area contributed by atoms with E-state index in [2.05, 4.69) is 17.6 Å². The Bertz CT molecular complexity index is 633. The second-order valence-electron chi connectivity index (χ2n) is 7.97. The van der Waals surface area contributed by atoms with Gasteiger partial charge in [-0.05, 0) is 38.3 Å². The minimum Gasteiger partial charge on any atom is -0.444 e. The third kappa shape index (κ3) is 11.4. The number of carbonyl (C=O) groups is 3. The molecule has 0 atom stereocenters. The maximum Gasteiger partial charge on any atom is 0.407 e. The molecule has 0 unspecified atom stereocenters. The van der Waals surface area contributed by atoms with Gasteiger partial charge in [0.05, 0.1) is 6.54 Å². The summed E-state index contributed by atoms with van der Waals surface area (Å²) in [6.07, 6.45) is 4.48. The number of carbonyl (C=O) groups excluding carboxylic acids is 3. The van der Waals surface area contributed by atoms with E-state index in [1.54, 1.807) is 0 Å². The van der Waals surface area contributed by atoms with Crippen molar-refractivity contribution in [2.24, 2.45) is 0 Å². The Hall–Kier alpha value is -2.37. The highest BCUT2D eigenvalue weighted by Gasteiger charge is 2.15. The van der Waals surface area contributed by atoms with E-state index in [1.165, 1.54) is 0 Å². The number of alkyl carbamates (subject to hydrolysis) is 1. The highest BCUT2D eigenvalue weighted by Crippen LogP contribution is 2.08. The molecule has 1 aromatic carbocycles. The molecule has 0 aliphatic carbocycles. The Kier molecular flexibility index (Phi) is 10.3. The number of nitrogens with one attached hydrogen (secondary N) is 2. The third-order valence-corrected chi connectivity index (χ3v) is 4.00. The van der Waals surface area contributed by atoms with Gasteiger partial charge in [-0.1, -0.05) is 50.5 Å². The van der Waals surface area contributed by atoms with Gasteiger partial charge in [0, 0.05) is 19.4 Å². The van der Waals surface area contributed by atoms with Crippen LogP contribution in [0.4, 0.5) is 4.79 Å². The zero-order valence-electron chi connectivity index (χ0n) is 17.6. The van der Waals surface area contributed by atoms with E-state index in [9.17, 15) is 14.4 Å². The van der Waals surface area contributed by atoms with Crippen molar-refractivity contribution in [2.45, 2.75) is 78.4 Å². The van der Waals surface area contributed by atoms with Gasteiger partial charge in [0.1, 0.15) is 5.60 Å². The van der Waals surface area contributed by atoms with Gasteiger partial charge in [0.2, 0.25) is 5.91 Å². The van der Waals surface area contributed by atoms with Crippen molar-refractivity contribution in [3.63, 3.8) is 0 Å². The van der Waals surface area contributed by atoms with Gasteiger partial charge in [0.15, 0.2) is 5.78 Å². The molecule has 1 aromatic rings. The lowest BCUT2D eigenvalue weighted by Crippen LogP contribution is -2.32. The first-order chi connectivity index (χ1) is 13.2. The molecule has 1 rings (SSSR count). The Morgan fingerprint density at radius 1 is 0.929 bits per heavy atom. The number of hydrogen-bond acceptors (Lipinski definition) is 4. The summed E-state index contributed by atoms with van der Waals surface area (Å²) < 4.78 is 5.19. The molecular weight excluding hydrogens is 356 g/mol. The average Bonchev–Trinajstić information content (AvgIpc) is 2.61. The standard InChI is InChI=1S/C22H34N2O4/c1-5-6-7-8-9-20(26)23-16-19(25)14-17-10-12-18(13-11-17)15-24-21(27)28-22(2,3)4/h10-13H,5-9,14-16H2,1-4H3,(H,23,26)(H,24,27). The number of ketones is 1. The second-order valence-corrected chi connectivity index (χ2v) is 7.97. The van der Waals surface area contributed by atoms with Gasteiger partial charge in [-0.25, -0.2) is 4.79 Å². The summed E-state index contributed by atoms with van der Waals surface area (Å²) in [6, 6.07) is 7.45. The van der Waals surface area contributed by atoms with Crippen LogP contribution in [0.3, 0.4) is 0 Å². The van der Waals surface area contributed by atoms with E-state index in [-0.39, 0.29) is 24.7 Å². The molecule has 6 nitrogen and oxygen atoms in total.